The van der Waals surface area contributed by atoms with Crippen LogP contribution < -0.4 is 0 Å². The van der Waals surface area contributed by atoms with Gasteiger partial charge in [0.1, 0.15) is 0 Å². The Hall–Kier alpha value is -2.18. The van der Waals surface area contributed by atoms with Crippen molar-refractivity contribution in [3.63, 3.8) is 0 Å². The number of nitrogens with zero attached hydrogens (tertiary/aromatic N) is 2. The summed E-state index contributed by atoms with van der Waals surface area (Å²) >= 11 is 0. The van der Waals surface area contributed by atoms with Crippen molar-refractivity contribution in [2.75, 3.05) is 26.2 Å². The fourth-order valence-electron chi connectivity index (χ4n) is 3.52. The third kappa shape index (κ3) is 4.39. The maximum atomic E-state index is 13.1. The molecule has 27 heavy (non-hydrogen) atoms. The Morgan fingerprint density at radius 3 is 2.04 bits per heavy atom. The molecule has 2 aromatic carbocycles. The van der Waals surface area contributed by atoms with Crippen molar-refractivity contribution < 1.29 is 13.2 Å². The van der Waals surface area contributed by atoms with Crippen molar-refractivity contribution in [3.05, 3.63) is 66.2 Å². The highest BCUT2D eigenvalue weighted by Crippen LogP contribution is 2.25. The van der Waals surface area contributed by atoms with Gasteiger partial charge >= 0.3 is 0 Å². The minimum atomic E-state index is -3.50. The van der Waals surface area contributed by atoms with Gasteiger partial charge in [0, 0.05) is 26.2 Å². The van der Waals surface area contributed by atoms with Crippen LogP contribution in [0.5, 0.6) is 0 Å². The van der Waals surface area contributed by atoms with Gasteiger partial charge in [-0.1, -0.05) is 61.9 Å². The first-order valence-electron chi connectivity index (χ1n) is 9.43. The second-order valence-electron chi connectivity index (χ2n) is 6.79. The molecule has 0 N–H and O–H groups in total. The number of benzene rings is 2. The average Bonchev–Trinajstić information content (AvgIpc) is 2.73. The van der Waals surface area contributed by atoms with Gasteiger partial charge in [-0.3, -0.25) is 4.79 Å². The summed E-state index contributed by atoms with van der Waals surface area (Å²) in [7, 11) is -3.50. The highest BCUT2D eigenvalue weighted by atomic mass is 32.2. The number of carbonyl (C=O) groups is 1. The van der Waals surface area contributed by atoms with Crippen LogP contribution in [-0.4, -0.2) is 49.7 Å². The highest BCUT2D eigenvalue weighted by molar-refractivity contribution is 7.89. The highest BCUT2D eigenvalue weighted by Gasteiger charge is 2.32. The fourth-order valence-corrected chi connectivity index (χ4v) is 4.96. The smallest absolute Gasteiger partial charge is 0.243 e. The third-order valence-electron chi connectivity index (χ3n) is 5.01. The predicted molar refractivity (Wildman–Crippen MR) is 106 cm³/mol. The molecule has 0 aliphatic carbocycles. The molecule has 1 aliphatic heterocycles. The lowest BCUT2D eigenvalue weighted by molar-refractivity contribution is -0.134. The molecule has 0 radical (unpaired) electrons. The standard InChI is InChI=1S/C21H26N2O3S/c1-2-9-20(18-10-5-3-6-11-18)21(24)22-14-16-23(17-15-22)27(25,26)19-12-7-4-8-13-19/h3-8,10-13,20H,2,9,14-17H2,1H3. The summed E-state index contributed by atoms with van der Waals surface area (Å²) in [6.07, 6.45) is 1.72. The van der Waals surface area contributed by atoms with Gasteiger partial charge in [-0.25, -0.2) is 8.42 Å². The normalized spacial score (nSPS) is 16.9. The summed E-state index contributed by atoms with van der Waals surface area (Å²) in [6, 6.07) is 18.3. The van der Waals surface area contributed by atoms with Gasteiger partial charge in [-0.2, -0.15) is 4.31 Å². The van der Waals surface area contributed by atoms with Gasteiger partial charge in [0.15, 0.2) is 0 Å². The van der Waals surface area contributed by atoms with Crippen LogP contribution in [0.25, 0.3) is 0 Å². The summed E-state index contributed by atoms with van der Waals surface area (Å²) < 4.78 is 27.0. The Labute approximate surface area is 161 Å². The Kier molecular flexibility index (Phi) is 6.29. The van der Waals surface area contributed by atoms with Crippen molar-refractivity contribution in [1.82, 2.24) is 9.21 Å². The quantitative estimate of drug-likeness (QED) is 0.766. The topological polar surface area (TPSA) is 57.7 Å². The molecule has 0 spiro atoms. The van der Waals surface area contributed by atoms with Crippen molar-refractivity contribution in [3.8, 4) is 0 Å². The van der Waals surface area contributed by atoms with E-state index in [4.69, 9.17) is 0 Å². The number of hydrogen-bond donors (Lipinski definition) is 0. The number of amides is 1. The minimum Gasteiger partial charge on any atom is -0.340 e. The van der Waals surface area contributed by atoms with Crippen molar-refractivity contribution in [2.24, 2.45) is 0 Å². The van der Waals surface area contributed by atoms with Crippen LogP contribution in [0.3, 0.4) is 0 Å². The second-order valence-corrected chi connectivity index (χ2v) is 8.73. The van der Waals surface area contributed by atoms with Gasteiger partial charge in [0.2, 0.25) is 15.9 Å². The van der Waals surface area contributed by atoms with E-state index in [0.717, 1.165) is 18.4 Å². The van der Waals surface area contributed by atoms with Gasteiger partial charge in [-0.15, -0.1) is 0 Å². The minimum absolute atomic E-state index is 0.0970. The number of sulfonamides is 1. The first-order valence-corrected chi connectivity index (χ1v) is 10.9. The third-order valence-corrected chi connectivity index (χ3v) is 6.92. The van der Waals surface area contributed by atoms with Crippen molar-refractivity contribution >= 4 is 15.9 Å². The van der Waals surface area contributed by atoms with Crippen LogP contribution in [0, 0.1) is 0 Å². The van der Waals surface area contributed by atoms with E-state index in [1.807, 2.05) is 35.2 Å². The summed E-state index contributed by atoms with van der Waals surface area (Å²) in [6.45, 7) is 3.59. The number of rotatable bonds is 6. The molecule has 1 aliphatic rings. The Bertz CT molecular complexity index is 846. The Balaban J connectivity index is 1.68. The molecular weight excluding hydrogens is 360 g/mol. The summed E-state index contributed by atoms with van der Waals surface area (Å²) in [4.78, 5) is 15.2. The van der Waals surface area contributed by atoms with Crippen LogP contribution in [-0.2, 0) is 14.8 Å². The molecule has 0 saturated carbocycles. The molecule has 0 bridgehead atoms. The van der Waals surface area contributed by atoms with E-state index in [1.165, 1.54) is 4.31 Å². The molecule has 1 atom stereocenters. The molecule has 5 nitrogen and oxygen atoms in total. The van der Waals surface area contributed by atoms with Crippen LogP contribution in [0.2, 0.25) is 0 Å². The first kappa shape index (κ1) is 19.6. The van der Waals surface area contributed by atoms with Gasteiger partial charge in [0.25, 0.3) is 0 Å². The van der Waals surface area contributed by atoms with E-state index >= 15 is 0 Å². The molecule has 3 rings (SSSR count). The maximum absolute atomic E-state index is 13.1. The largest absolute Gasteiger partial charge is 0.340 e. The molecule has 1 amide bonds. The number of piperazine rings is 1. The van der Waals surface area contributed by atoms with Crippen molar-refractivity contribution in [1.29, 1.82) is 0 Å². The van der Waals surface area contributed by atoms with Crippen LogP contribution in [0.4, 0.5) is 0 Å². The zero-order valence-corrected chi connectivity index (χ0v) is 16.4. The van der Waals surface area contributed by atoms with E-state index in [0.29, 0.717) is 31.1 Å². The second kappa shape index (κ2) is 8.67. The van der Waals surface area contributed by atoms with Crippen LogP contribution in [0.1, 0.15) is 31.2 Å². The van der Waals surface area contributed by atoms with E-state index in [-0.39, 0.29) is 11.8 Å². The molecule has 1 heterocycles. The molecule has 0 aromatic heterocycles. The lowest BCUT2D eigenvalue weighted by Crippen LogP contribution is -2.51. The molecule has 144 valence electrons. The van der Waals surface area contributed by atoms with Gasteiger partial charge < -0.3 is 4.90 Å². The SMILES string of the molecule is CCCC(C(=O)N1CCN(S(=O)(=O)c2ccccc2)CC1)c1ccccc1. The molecule has 2 aromatic rings. The molecular formula is C21H26N2O3S. The van der Waals surface area contributed by atoms with Gasteiger partial charge in [-0.05, 0) is 24.1 Å². The van der Waals surface area contributed by atoms with Gasteiger partial charge in [0.05, 0.1) is 10.8 Å². The van der Waals surface area contributed by atoms with Crippen LogP contribution in [0.15, 0.2) is 65.6 Å². The van der Waals surface area contributed by atoms with Crippen molar-refractivity contribution in [2.45, 2.75) is 30.6 Å². The van der Waals surface area contributed by atoms with Crippen LogP contribution >= 0.6 is 0 Å². The zero-order valence-electron chi connectivity index (χ0n) is 15.6. The Morgan fingerprint density at radius 2 is 1.48 bits per heavy atom. The van der Waals surface area contributed by atoms with E-state index in [9.17, 15) is 13.2 Å². The fraction of sp³-hybridized carbons (Fsp3) is 0.381. The van der Waals surface area contributed by atoms with E-state index in [1.54, 1.807) is 30.3 Å². The monoisotopic (exact) mass is 386 g/mol. The van der Waals surface area contributed by atoms with E-state index in [2.05, 4.69) is 6.92 Å². The molecule has 1 unspecified atom stereocenters. The summed E-state index contributed by atoms with van der Waals surface area (Å²) in [5.74, 6) is -0.0618. The first-order chi connectivity index (χ1) is 13.0. The number of carbonyl (C=O) groups excluding carboxylic acids is 1. The molecule has 6 heteroatoms. The number of hydrogen-bond acceptors (Lipinski definition) is 3. The predicted octanol–water partition coefficient (Wildman–Crippen LogP) is 3.10. The summed E-state index contributed by atoms with van der Waals surface area (Å²) in [5, 5.41) is 0. The lowest BCUT2D eigenvalue weighted by atomic mass is 9.93. The Morgan fingerprint density at radius 1 is 0.926 bits per heavy atom. The molecule has 1 saturated heterocycles. The lowest BCUT2D eigenvalue weighted by Gasteiger charge is -2.36. The zero-order chi connectivity index (χ0) is 19.3. The summed E-state index contributed by atoms with van der Waals surface area (Å²) in [5.41, 5.74) is 1.03. The average molecular weight is 387 g/mol. The maximum Gasteiger partial charge on any atom is 0.243 e. The molecule has 1 fully saturated rings. The van der Waals surface area contributed by atoms with E-state index < -0.39 is 10.0 Å².